The van der Waals surface area contributed by atoms with Crippen molar-refractivity contribution >= 4 is 34.0 Å². The summed E-state index contributed by atoms with van der Waals surface area (Å²) in [5.74, 6) is 2.69. The van der Waals surface area contributed by atoms with Gasteiger partial charge in [-0.25, -0.2) is 9.97 Å². The maximum Gasteiger partial charge on any atom is 0.217 e. The van der Waals surface area contributed by atoms with Crippen molar-refractivity contribution in [1.29, 1.82) is 0 Å². The second-order valence-corrected chi connectivity index (χ2v) is 8.74. The third-order valence-electron chi connectivity index (χ3n) is 5.18. The SMILES string of the molecule is COc1cc2nc(C)nc(NCc3ccc(-c4ccc(CNC(C)=O)cc4)s3)c2cc1OC. The van der Waals surface area contributed by atoms with E-state index in [9.17, 15) is 4.79 Å². The number of rotatable bonds is 8. The summed E-state index contributed by atoms with van der Waals surface area (Å²) in [6, 6.07) is 16.3. The number of fused-ring (bicyclic) bond motifs is 1. The van der Waals surface area contributed by atoms with E-state index in [0.717, 1.165) is 27.8 Å². The summed E-state index contributed by atoms with van der Waals surface area (Å²) in [6.45, 7) is 4.58. The normalized spacial score (nSPS) is 10.8. The zero-order valence-corrected chi connectivity index (χ0v) is 19.9. The van der Waals surface area contributed by atoms with Gasteiger partial charge in [0, 0.05) is 34.7 Å². The first kappa shape index (κ1) is 22.5. The monoisotopic (exact) mass is 462 g/mol. The summed E-state index contributed by atoms with van der Waals surface area (Å²) in [5, 5.41) is 7.15. The fraction of sp³-hybridized carbons (Fsp3) is 0.240. The number of carbonyl (C=O) groups is 1. The molecule has 8 heteroatoms. The number of ether oxygens (including phenoxy) is 2. The summed E-state index contributed by atoms with van der Waals surface area (Å²) in [6.07, 6.45) is 0. The van der Waals surface area contributed by atoms with Crippen molar-refractivity contribution in [1.82, 2.24) is 15.3 Å². The van der Waals surface area contributed by atoms with Gasteiger partial charge in [0.1, 0.15) is 11.6 Å². The maximum atomic E-state index is 11.1. The Morgan fingerprint density at radius 1 is 0.970 bits per heavy atom. The quantitative estimate of drug-likeness (QED) is 0.386. The smallest absolute Gasteiger partial charge is 0.217 e. The molecule has 170 valence electrons. The molecule has 0 radical (unpaired) electrons. The average molecular weight is 463 g/mol. The number of thiophene rings is 1. The molecule has 4 rings (SSSR count). The van der Waals surface area contributed by atoms with E-state index in [-0.39, 0.29) is 5.91 Å². The molecule has 33 heavy (non-hydrogen) atoms. The Hall–Kier alpha value is -3.65. The van der Waals surface area contributed by atoms with Gasteiger partial charge in [0.15, 0.2) is 11.5 Å². The summed E-state index contributed by atoms with van der Waals surface area (Å²) >= 11 is 1.73. The average Bonchev–Trinajstić information content (AvgIpc) is 3.29. The highest BCUT2D eigenvalue weighted by molar-refractivity contribution is 7.15. The van der Waals surface area contributed by atoms with Crippen LogP contribution in [0.15, 0.2) is 48.5 Å². The highest BCUT2D eigenvalue weighted by Crippen LogP contribution is 2.34. The van der Waals surface area contributed by atoms with Crippen LogP contribution in [0.1, 0.15) is 23.2 Å². The third kappa shape index (κ3) is 5.23. The van der Waals surface area contributed by atoms with Gasteiger partial charge in [-0.1, -0.05) is 24.3 Å². The molecule has 0 saturated heterocycles. The first-order valence-corrected chi connectivity index (χ1v) is 11.3. The van der Waals surface area contributed by atoms with Crippen LogP contribution in [0.3, 0.4) is 0 Å². The van der Waals surface area contributed by atoms with Gasteiger partial charge in [-0.2, -0.15) is 0 Å². The Bertz CT molecular complexity index is 1290. The van der Waals surface area contributed by atoms with Crippen molar-refractivity contribution in [3.05, 3.63) is 64.8 Å². The lowest BCUT2D eigenvalue weighted by atomic mass is 10.1. The molecular formula is C25H26N4O3S. The number of methoxy groups -OCH3 is 2. The van der Waals surface area contributed by atoms with Gasteiger partial charge in [-0.15, -0.1) is 11.3 Å². The van der Waals surface area contributed by atoms with Crippen LogP contribution in [0, 0.1) is 6.92 Å². The van der Waals surface area contributed by atoms with E-state index >= 15 is 0 Å². The van der Waals surface area contributed by atoms with Gasteiger partial charge in [-0.3, -0.25) is 4.79 Å². The van der Waals surface area contributed by atoms with Crippen LogP contribution in [0.2, 0.25) is 0 Å². The van der Waals surface area contributed by atoms with Crippen molar-refractivity contribution in [3.63, 3.8) is 0 Å². The fourth-order valence-electron chi connectivity index (χ4n) is 3.52. The molecule has 2 aromatic heterocycles. The molecule has 2 aromatic carbocycles. The lowest BCUT2D eigenvalue weighted by molar-refractivity contribution is -0.119. The summed E-state index contributed by atoms with van der Waals surface area (Å²) < 4.78 is 10.9. The topological polar surface area (TPSA) is 85.4 Å². The van der Waals surface area contributed by atoms with Gasteiger partial charge >= 0.3 is 0 Å². The summed E-state index contributed by atoms with van der Waals surface area (Å²) in [5.41, 5.74) is 3.03. The summed E-state index contributed by atoms with van der Waals surface area (Å²) in [7, 11) is 3.23. The Labute approximate surface area is 196 Å². The molecule has 7 nitrogen and oxygen atoms in total. The number of anilines is 1. The number of benzene rings is 2. The molecular weight excluding hydrogens is 436 g/mol. The maximum absolute atomic E-state index is 11.1. The minimum Gasteiger partial charge on any atom is -0.493 e. The molecule has 0 unspecified atom stereocenters. The van der Waals surface area contributed by atoms with Crippen LogP contribution >= 0.6 is 11.3 Å². The van der Waals surface area contributed by atoms with E-state index in [1.54, 1.807) is 25.6 Å². The number of amides is 1. The number of carbonyl (C=O) groups excluding carboxylic acids is 1. The predicted molar refractivity (Wildman–Crippen MR) is 132 cm³/mol. The van der Waals surface area contributed by atoms with Crippen LogP contribution in [0.5, 0.6) is 11.5 Å². The zero-order chi connectivity index (χ0) is 23.4. The number of nitrogens with one attached hydrogen (secondary N) is 2. The molecule has 0 atom stereocenters. The standard InChI is InChI=1S/C25H26N4O3S/c1-15-28-21-12-23(32-4)22(31-3)11-20(21)25(29-15)27-14-19-9-10-24(33-19)18-7-5-17(6-8-18)13-26-16(2)30/h5-12H,13-14H2,1-4H3,(H,26,30)(H,27,28,29). The van der Waals surface area contributed by atoms with Crippen molar-refractivity contribution in [2.75, 3.05) is 19.5 Å². The lowest BCUT2D eigenvalue weighted by Crippen LogP contribution is -2.18. The number of aromatic nitrogens is 2. The first-order valence-electron chi connectivity index (χ1n) is 10.5. The molecule has 1 amide bonds. The molecule has 0 spiro atoms. The van der Waals surface area contributed by atoms with Crippen molar-refractivity contribution in [2.24, 2.45) is 0 Å². The summed E-state index contributed by atoms with van der Waals surface area (Å²) in [4.78, 5) is 22.6. The van der Waals surface area contributed by atoms with E-state index in [0.29, 0.717) is 30.4 Å². The van der Waals surface area contributed by atoms with Crippen molar-refractivity contribution < 1.29 is 14.3 Å². The Balaban J connectivity index is 1.51. The second-order valence-electron chi connectivity index (χ2n) is 7.57. The minimum atomic E-state index is -0.0290. The van der Waals surface area contributed by atoms with Gasteiger partial charge in [0.05, 0.1) is 26.3 Å². The number of hydrogen-bond donors (Lipinski definition) is 2. The van der Waals surface area contributed by atoms with Crippen LogP contribution < -0.4 is 20.1 Å². The van der Waals surface area contributed by atoms with E-state index in [1.165, 1.54) is 16.7 Å². The highest BCUT2D eigenvalue weighted by Gasteiger charge is 2.13. The molecule has 0 aliphatic carbocycles. The Morgan fingerprint density at radius 2 is 1.70 bits per heavy atom. The largest absolute Gasteiger partial charge is 0.493 e. The van der Waals surface area contributed by atoms with Crippen molar-refractivity contribution in [3.8, 4) is 21.9 Å². The second kappa shape index (κ2) is 9.87. The molecule has 0 aliphatic rings. The molecule has 0 aliphatic heterocycles. The predicted octanol–water partition coefficient (Wildman–Crippen LogP) is 4.93. The third-order valence-corrected chi connectivity index (χ3v) is 6.32. The lowest BCUT2D eigenvalue weighted by Gasteiger charge is -2.12. The van der Waals surface area contributed by atoms with E-state index in [2.05, 4.69) is 44.9 Å². The van der Waals surface area contributed by atoms with Gasteiger partial charge < -0.3 is 20.1 Å². The fourth-order valence-corrected chi connectivity index (χ4v) is 4.47. The number of nitrogens with zero attached hydrogens (tertiary/aromatic N) is 2. The zero-order valence-electron chi connectivity index (χ0n) is 19.1. The minimum absolute atomic E-state index is 0.0290. The van der Waals surface area contributed by atoms with Crippen molar-refractivity contribution in [2.45, 2.75) is 26.9 Å². The number of hydrogen-bond acceptors (Lipinski definition) is 7. The van der Waals surface area contributed by atoms with Crippen LogP contribution in [0.25, 0.3) is 21.3 Å². The van der Waals surface area contributed by atoms with E-state index in [4.69, 9.17) is 9.47 Å². The highest BCUT2D eigenvalue weighted by atomic mass is 32.1. The van der Waals surface area contributed by atoms with E-state index < -0.39 is 0 Å². The molecule has 2 N–H and O–H groups in total. The van der Waals surface area contributed by atoms with Gasteiger partial charge in [-0.05, 0) is 36.2 Å². The van der Waals surface area contributed by atoms with Crippen LogP contribution in [0.4, 0.5) is 5.82 Å². The first-order chi connectivity index (χ1) is 16.0. The Morgan fingerprint density at radius 3 is 2.39 bits per heavy atom. The molecule has 0 fully saturated rings. The molecule has 4 aromatic rings. The van der Waals surface area contributed by atoms with Gasteiger partial charge in [0.25, 0.3) is 0 Å². The molecule has 2 heterocycles. The van der Waals surface area contributed by atoms with E-state index in [1.807, 2.05) is 31.2 Å². The Kier molecular flexibility index (Phi) is 6.74. The van der Waals surface area contributed by atoms with Gasteiger partial charge in [0.2, 0.25) is 5.91 Å². The van der Waals surface area contributed by atoms with Crippen LogP contribution in [-0.2, 0) is 17.9 Å². The number of aryl methyl sites for hydroxylation is 1. The van der Waals surface area contributed by atoms with Crippen LogP contribution in [-0.4, -0.2) is 30.1 Å². The molecule has 0 saturated carbocycles. The molecule has 0 bridgehead atoms.